The summed E-state index contributed by atoms with van der Waals surface area (Å²) in [6.07, 6.45) is 7.05. The summed E-state index contributed by atoms with van der Waals surface area (Å²) in [5, 5.41) is 0. The Morgan fingerprint density at radius 2 is 2.07 bits per heavy atom. The average molecular weight is 191 g/mol. The maximum Gasteiger partial charge on any atom is 0.230 e. The summed E-state index contributed by atoms with van der Waals surface area (Å²) in [7, 11) is 0. The maximum atomic E-state index is 11.8. The molecule has 1 aliphatic rings. The van der Waals surface area contributed by atoms with Crippen LogP contribution in [-0.2, 0) is 4.79 Å². The van der Waals surface area contributed by atoms with Gasteiger partial charge in [0.1, 0.15) is 0 Å². The first-order valence-electron chi connectivity index (χ1n) is 4.91. The van der Waals surface area contributed by atoms with Crippen molar-refractivity contribution in [3.05, 3.63) is 38.0 Å². The Kier molecular flexibility index (Phi) is 3.69. The molecular weight excluding hydrogens is 174 g/mol. The topological polar surface area (TPSA) is 20.3 Å². The van der Waals surface area contributed by atoms with Gasteiger partial charge in [-0.25, -0.2) is 0 Å². The van der Waals surface area contributed by atoms with Crippen LogP contribution in [0.25, 0.3) is 0 Å². The van der Waals surface area contributed by atoms with Crippen LogP contribution in [0.5, 0.6) is 0 Å². The van der Waals surface area contributed by atoms with Crippen LogP contribution >= 0.6 is 0 Å². The highest BCUT2D eigenvalue weighted by Crippen LogP contribution is 2.26. The van der Waals surface area contributed by atoms with Crippen LogP contribution < -0.4 is 0 Å². The Morgan fingerprint density at radius 1 is 1.36 bits per heavy atom. The predicted molar refractivity (Wildman–Crippen MR) is 58.8 cm³/mol. The lowest BCUT2D eigenvalue weighted by molar-refractivity contribution is -0.130. The van der Waals surface area contributed by atoms with Gasteiger partial charge in [0, 0.05) is 6.54 Å². The van der Waals surface area contributed by atoms with Gasteiger partial charge in [-0.1, -0.05) is 18.2 Å². The highest BCUT2D eigenvalue weighted by Gasteiger charge is 2.35. The molecular formula is C12H17NO. The number of amides is 1. The van der Waals surface area contributed by atoms with Crippen LogP contribution in [-0.4, -0.2) is 23.4 Å². The molecule has 1 fully saturated rings. The third-order valence-corrected chi connectivity index (χ3v) is 2.63. The molecule has 1 saturated heterocycles. The molecule has 0 aromatic heterocycles. The molecule has 0 spiro atoms. The molecule has 0 aromatic carbocycles. The van der Waals surface area contributed by atoms with Gasteiger partial charge in [-0.3, -0.25) is 4.79 Å². The zero-order valence-corrected chi connectivity index (χ0v) is 8.48. The van der Waals surface area contributed by atoms with Gasteiger partial charge in [0.25, 0.3) is 0 Å². The largest absolute Gasteiger partial charge is 0.335 e. The van der Waals surface area contributed by atoms with Crippen LogP contribution in [0.2, 0.25) is 0 Å². The number of nitrogens with zero attached hydrogens (tertiary/aromatic N) is 1. The molecule has 1 rings (SSSR count). The van der Waals surface area contributed by atoms with E-state index in [0.29, 0.717) is 0 Å². The van der Waals surface area contributed by atoms with E-state index in [1.807, 2.05) is 17.1 Å². The molecule has 0 aromatic rings. The molecule has 0 N–H and O–H groups in total. The molecule has 0 aliphatic carbocycles. The van der Waals surface area contributed by atoms with Gasteiger partial charge in [0.2, 0.25) is 5.91 Å². The fourth-order valence-corrected chi connectivity index (χ4v) is 1.79. The first-order chi connectivity index (χ1) is 6.74. The van der Waals surface area contributed by atoms with Gasteiger partial charge in [-0.2, -0.15) is 0 Å². The second-order valence-electron chi connectivity index (χ2n) is 3.49. The number of hydrogen-bond acceptors (Lipinski definition) is 1. The second-order valence-corrected chi connectivity index (χ2v) is 3.49. The van der Waals surface area contributed by atoms with Gasteiger partial charge in [-0.05, 0) is 12.8 Å². The van der Waals surface area contributed by atoms with E-state index in [0.717, 1.165) is 19.4 Å². The van der Waals surface area contributed by atoms with E-state index in [4.69, 9.17) is 0 Å². The summed E-state index contributed by atoms with van der Waals surface area (Å²) in [5.74, 6) is 0.148. The zero-order valence-electron chi connectivity index (χ0n) is 8.48. The van der Waals surface area contributed by atoms with Crippen molar-refractivity contribution < 1.29 is 4.79 Å². The van der Waals surface area contributed by atoms with Crippen molar-refractivity contribution >= 4 is 5.91 Å². The van der Waals surface area contributed by atoms with Crippen molar-refractivity contribution in [1.29, 1.82) is 0 Å². The second kappa shape index (κ2) is 4.80. The fourth-order valence-electron chi connectivity index (χ4n) is 1.79. The Balaban J connectivity index is 2.69. The molecule has 14 heavy (non-hydrogen) atoms. The maximum absolute atomic E-state index is 11.8. The van der Waals surface area contributed by atoms with E-state index in [-0.39, 0.29) is 17.9 Å². The van der Waals surface area contributed by atoms with Crippen molar-refractivity contribution in [3.8, 4) is 0 Å². The summed E-state index contributed by atoms with van der Waals surface area (Å²) in [5.41, 5.74) is 0. The minimum absolute atomic E-state index is 0.0252. The minimum atomic E-state index is -0.0252. The summed E-state index contributed by atoms with van der Waals surface area (Å²) in [6, 6.07) is 0.172. The standard InChI is InChI=1S/C12H17NO/c1-4-7-8-13-11(6-3)9-10(5-2)12(13)14/h4-6,10-11H,1-3,7-9H2/t10-,11+/m0/s1. The van der Waals surface area contributed by atoms with Crippen LogP contribution in [0.3, 0.4) is 0 Å². The number of rotatable bonds is 5. The highest BCUT2D eigenvalue weighted by atomic mass is 16.2. The van der Waals surface area contributed by atoms with Gasteiger partial charge >= 0.3 is 0 Å². The summed E-state index contributed by atoms with van der Waals surface area (Å²) in [4.78, 5) is 13.6. The van der Waals surface area contributed by atoms with Crippen molar-refractivity contribution in [2.75, 3.05) is 6.54 Å². The Labute approximate surface area is 85.6 Å². The molecule has 0 bridgehead atoms. The smallest absolute Gasteiger partial charge is 0.230 e. The third-order valence-electron chi connectivity index (χ3n) is 2.63. The molecule has 1 heterocycles. The monoisotopic (exact) mass is 191 g/mol. The molecule has 0 saturated carbocycles. The van der Waals surface area contributed by atoms with E-state index in [1.54, 1.807) is 6.08 Å². The van der Waals surface area contributed by atoms with E-state index < -0.39 is 0 Å². The van der Waals surface area contributed by atoms with Gasteiger partial charge in [0.15, 0.2) is 0 Å². The van der Waals surface area contributed by atoms with Crippen molar-refractivity contribution in [1.82, 2.24) is 4.90 Å². The van der Waals surface area contributed by atoms with Gasteiger partial charge in [0.05, 0.1) is 12.0 Å². The van der Waals surface area contributed by atoms with Crippen molar-refractivity contribution in [3.63, 3.8) is 0 Å². The molecule has 0 unspecified atom stereocenters. The van der Waals surface area contributed by atoms with Gasteiger partial charge in [-0.15, -0.1) is 19.7 Å². The normalized spacial score (nSPS) is 26.3. The van der Waals surface area contributed by atoms with Crippen LogP contribution in [0.1, 0.15) is 12.8 Å². The predicted octanol–water partition coefficient (Wildman–Crippen LogP) is 2.15. The number of likely N-dealkylation sites (tertiary alicyclic amines) is 1. The summed E-state index contributed by atoms with van der Waals surface area (Å²) < 4.78 is 0. The summed E-state index contributed by atoms with van der Waals surface area (Å²) in [6.45, 7) is 11.8. The lowest BCUT2D eigenvalue weighted by Crippen LogP contribution is -2.33. The van der Waals surface area contributed by atoms with Crippen molar-refractivity contribution in [2.24, 2.45) is 5.92 Å². The molecule has 2 heteroatoms. The number of carbonyl (C=O) groups is 1. The Bertz CT molecular complexity index is 257. The molecule has 2 nitrogen and oxygen atoms in total. The lowest BCUT2D eigenvalue weighted by atomic mass is 10.1. The molecule has 1 aliphatic heterocycles. The first kappa shape index (κ1) is 10.8. The number of carbonyl (C=O) groups excluding carboxylic acids is 1. The van der Waals surface area contributed by atoms with Crippen LogP contribution in [0, 0.1) is 5.92 Å². The quantitative estimate of drug-likeness (QED) is 0.610. The molecule has 2 atom stereocenters. The van der Waals surface area contributed by atoms with E-state index >= 15 is 0 Å². The molecule has 76 valence electrons. The third kappa shape index (κ3) is 1.95. The van der Waals surface area contributed by atoms with Crippen LogP contribution in [0.15, 0.2) is 38.0 Å². The molecule has 1 amide bonds. The van der Waals surface area contributed by atoms with Gasteiger partial charge < -0.3 is 4.90 Å². The Hall–Kier alpha value is -1.31. The average Bonchev–Trinajstić information content (AvgIpc) is 2.52. The van der Waals surface area contributed by atoms with Crippen molar-refractivity contribution in [2.45, 2.75) is 18.9 Å². The minimum Gasteiger partial charge on any atom is -0.335 e. The SMILES string of the molecule is C=CCCN1C(=O)[C@@H](C=C)C[C@H]1C=C. The zero-order chi connectivity index (χ0) is 10.6. The van der Waals surface area contributed by atoms with E-state index in [9.17, 15) is 4.79 Å². The lowest BCUT2D eigenvalue weighted by Gasteiger charge is -2.21. The Morgan fingerprint density at radius 3 is 2.57 bits per heavy atom. The highest BCUT2D eigenvalue weighted by molar-refractivity contribution is 5.83. The number of hydrogen-bond donors (Lipinski definition) is 0. The van der Waals surface area contributed by atoms with Crippen LogP contribution in [0.4, 0.5) is 0 Å². The fraction of sp³-hybridized carbons (Fsp3) is 0.417. The summed E-state index contributed by atoms with van der Waals surface area (Å²) >= 11 is 0. The van der Waals surface area contributed by atoms with E-state index in [1.165, 1.54) is 0 Å². The molecule has 0 radical (unpaired) electrons. The first-order valence-corrected chi connectivity index (χ1v) is 4.91. The van der Waals surface area contributed by atoms with E-state index in [2.05, 4.69) is 19.7 Å².